The molecule has 0 heterocycles. The summed E-state index contributed by atoms with van der Waals surface area (Å²) in [5, 5.41) is 12.2. The summed E-state index contributed by atoms with van der Waals surface area (Å²) in [5.74, 6) is -0.377. The third-order valence-corrected chi connectivity index (χ3v) is 2.52. The first-order valence-electron chi connectivity index (χ1n) is 5.79. The van der Waals surface area contributed by atoms with Gasteiger partial charge in [-0.3, -0.25) is 0 Å². The topological polar surface area (TPSA) is 75.3 Å². The number of benzene rings is 1. The van der Waals surface area contributed by atoms with Crippen molar-refractivity contribution in [3.8, 4) is 0 Å². The highest BCUT2D eigenvalue weighted by Crippen LogP contribution is 2.19. The van der Waals surface area contributed by atoms with Gasteiger partial charge in [0.2, 0.25) is 0 Å². The van der Waals surface area contributed by atoms with E-state index in [1.807, 2.05) is 0 Å². The number of carbonyl (C=O) groups is 1. The van der Waals surface area contributed by atoms with E-state index >= 15 is 0 Å². The number of hydrogen-bond acceptors (Lipinski definition) is 3. The fourth-order valence-corrected chi connectivity index (χ4v) is 1.90. The summed E-state index contributed by atoms with van der Waals surface area (Å²) < 4.78 is 0. The second-order valence-electron chi connectivity index (χ2n) is 4.78. The van der Waals surface area contributed by atoms with Crippen LogP contribution >= 0.6 is 0 Å². The molecule has 94 valence electrons. The smallest absolute Gasteiger partial charge is 0.337 e. The van der Waals surface area contributed by atoms with Gasteiger partial charge in [0.05, 0.1) is 5.56 Å². The molecule has 0 amide bonds. The lowest BCUT2D eigenvalue weighted by molar-refractivity contribution is 0.0698. The maximum absolute atomic E-state index is 10.8. The van der Waals surface area contributed by atoms with Crippen LogP contribution in [0.2, 0.25) is 0 Å². The van der Waals surface area contributed by atoms with Crippen molar-refractivity contribution >= 4 is 17.3 Å². The van der Waals surface area contributed by atoms with Crippen molar-refractivity contribution in [1.82, 2.24) is 0 Å². The Morgan fingerprint density at radius 2 is 2.06 bits per heavy atom. The van der Waals surface area contributed by atoms with Crippen LogP contribution in [0, 0.1) is 5.92 Å². The fourth-order valence-electron chi connectivity index (χ4n) is 1.90. The average molecular weight is 236 g/mol. The van der Waals surface area contributed by atoms with Crippen LogP contribution in [0.4, 0.5) is 11.4 Å². The molecule has 0 spiro atoms. The van der Waals surface area contributed by atoms with Crippen molar-refractivity contribution in [2.75, 3.05) is 11.1 Å². The maximum atomic E-state index is 10.8. The van der Waals surface area contributed by atoms with Crippen LogP contribution in [0.5, 0.6) is 0 Å². The third kappa shape index (κ3) is 3.98. The molecule has 4 N–H and O–H groups in total. The van der Waals surface area contributed by atoms with E-state index in [1.165, 1.54) is 6.07 Å². The maximum Gasteiger partial charge on any atom is 0.337 e. The number of nitrogens with one attached hydrogen (secondary N) is 1. The molecule has 0 aliphatic carbocycles. The lowest BCUT2D eigenvalue weighted by atomic mass is 10.0. The van der Waals surface area contributed by atoms with E-state index in [9.17, 15) is 4.79 Å². The summed E-state index contributed by atoms with van der Waals surface area (Å²) in [5.41, 5.74) is 6.98. The highest BCUT2D eigenvalue weighted by molar-refractivity contribution is 5.94. The minimum absolute atomic E-state index is 0.145. The minimum Gasteiger partial charge on any atom is -0.478 e. The molecule has 17 heavy (non-hydrogen) atoms. The second-order valence-corrected chi connectivity index (χ2v) is 4.78. The van der Waals surface area contributed by atoms with Gasteiger partial charge in [-0.1, -0.05) is 13.8 Å². The normalized spacial score (nSPS) is 12.5. The molecule has 0 radical (unpaired) electrons. The molecule has 0 saturated carbocycles. The number of nitrogen functional groups attached to an aromatic ring is 1. The van der Waals surface area contributed by atoms with Crippen molar-refractivity contribution in [2.45, 2.75) is 33.2 Å². The van der Waals surface area contributed by atoms with Gasteiger partial charge in [-0.15, -0.1) is 0 Å². The lowest BCUT2D eigenvalue weighted by Gasteiger charge is -2.17. The number of carboxylic acids is 1. The molecule has 4 heteroatoms. The molecular formula is C13H20N2O2. The summed E-state index contributed by atoms with van der Waals surface area (Å²) >= 11 is 0. The Morgan fingerprint density at radius 3 is 2.53 bits per heavy atom. The summed E-state index contributed by atoms with van der Waals surface area (Å²) in [7, 11) is 0. The van der Waals surface area contributed by atoms with Crippen molar-refractivity contribution < 1.29 is 9.90 Å². The predicted molar refractivity (Wildman–Crippen MR) is 70.4 cm³/mol. The predicted octanol–water partition coefficient (Wildman–Crippen LogP) is 2.81. The molecule has 0 aromatic heterocycles. The van der Waals surface area contributed by atoms with Crippen LogP contribution in [0.1, 0.15) is 37.6 Å². The molecular weight excluding hydrogens is 216 g/mol. The monoisotopic (exact) mass is 236 g/mol. The van der Waals surface area contributed by atoms with Gasteiger partial charge in [-0.05, 0) is 37.5 Å². The molecule has 1 rings (SSSR count). The van der Waals surface area contributed by atoms with Gasteiger partial charge in [-0.2, -0.15) is 0 Å². The highest BCUT2D eigenvalue weighted by Gasteiger charge is 2.09. The Bertz CT molecular complexity index is 402. The molecule has 1 aromatic carbocycles. The van der Waals surface area contributed by atoms with Gasteiger partial charge in [0.15, 0.2) is 0 Å². The van der Waals surface area contributed by atoms with Crippen LogP contribution < -0.4 is 11.1 Å². The SMILES string of the molecule is CC(C)CC(C)Nc1ccc(C(=O)O)c(N)c1. The van der Waals surface area contributed by atoms with E-state index in [2.05, 4.69) is 26.1 Å². The number of nitrogens with two attached hydrogens (primary N) is 1. The van der Waals surface area contributed by atoms with E-state index in [-0.39, 0.29) is 5.56 Å². The Kier molecular flexibility index (Phi) is 4.37. The fraction of sp³-hybridized carbons (Fsp3) is 0.462. The first kappa shape index (κ1) is 13.4. The van der Waals surface area contributed by atoms with Crippen LogP contribution in [-0.2, 0) is 0 Å². The van der Waals surface area contributed by atoms with Gasteiger partial charge in [0.1, 0.15) is 0 Å². The summed E-state index contributed by atoms with van der Waals surface area (Å²) in [6.45, 7) is 6.43. The van der Waals surface area contributed by atoms with E-state index in [1.54, 1.807) is 12.1 Å². The van der Waals surface area contributed by atoms with Crippen molar-refractivity contribution in [3.63, 3.8) is 0 Å². The quantitative estimate of drug-likeness (QED) is 0.687. The summed E-state index contributed by atoms with van der Waals surface area (Å²) in [4.78, 5) is 10.8. The summed E-state index contributed by atoms with van der Waals surface area (Å²) in [6.07, 6.45) is 1.06. The number of rotatable bonds is 5. The lowest BCUT2D eigenvalue weighted by Crippen LogP contribution is -2.17. The molecule has 0 fully saturated rings. The molecule has 4 nitrogen and oxygen atoms in total. The van der Waals surface area contributed by atoms with Gasteiger partial charge in [-0.25, -0.2) is 4.79 Å². The largest absolute Gasteiger partial charge is 0.478 e. The van der Waals surface area contributed by atoms with Gasteiger partial charge in [0.25, 0.3) is 0 Å². The van der Waals surface area contributed by atoms with Crippen LogP contribution in [0.3, 0.4) is 0 Å². The molecule has 1 unspecified atom stereocenters. The number of anilines is 2. The zero-order chi connectivity index (χ0) is 13.0. The number of carboxylic acid groups (broad SMARTS) is 1. The van der Waals surface area contributed by atoms with Crippen LogP contribution in [0.15, 0.2) is 18.2 Å². The second kappa shape index (κ2) is 5.57. The molecule has 0 saturated heterocycles. The highest BCUT2D eigenvalue weighted by atomic mass is 16.4. The van der Waals surface area contributed by atoms with Crippen molar-refractivity contribution in [3.05, 3.63) is 23.8 Å². The molecule has 1 atom stereocenters. The molecule has 0 aliphatic rings. The minimum atomic E-state index is -0.996. The van der Waals surface area contributed by atoms with E-state index in [0.29, 0.717) is 17.6 Å². The Hall–Kier alpha value is -1.71. The van der Waals surface area contributed by atoms with Crippen molar-refractivity contribution in [2.24, 2.45) is 5.92 Å². The zero-order valence-electron chi connectivity index (χ0n) is 10.5. The van der Waals surface area contributed by atoms with Crippen LogP contribution in [0.25, 0.3) is 0 Å². The van der Waals surface area contributed by atoms with E-state index in [0.717, 1.165) is 12.1 Å². The first-order chi connectivity index (χ1) is 7.90. The Labute approximate surface area is 102 Å². The third-order valence-electron chi connectivity index (χ3n) is 2.52. The van der Waals surface area contributed by atoms with Gasteiger partial charge >= 0.3 is 5.97 Å². The first-order valence-corrected chi connectivity index (χ1v) is 5.79. The Morgan fingerprint density at radius 1 is 1.41 bits per heavy atom. The van der Waals surface area contributed by atoms with Gasteiger partial charge < -0.3 is 16.2 Å². The van der Waals surface area contributed by atoms with Crippen molar-refractivity contribution in [1.29, 1.82) is 0 Å². The average Bonchev–Trinajstić information content (AvgIpc) is 2.15. The van der Waals surface area contributed by atoms with E-state index < -0.39 is 5.97 Å². The van der Waals surface area contributed by atoms with Gasteiger partial charge in [0, 0.05) is 17.4 Å². The van der Waals surface area contributed by atoms with Crippen LogP contribution in [-0.4, -0.2) is 17.1 Å². The molecule has 0 bridgehead atoms. The molecule has 0 aliphatic heterocycles. The summed E-state index contributed by atoms with van der Waals surface area (Å²) in [6, 6.07) is 5.28. The standard InChI is InChI=1S/C13H20N2O2/c1-8(2)6-9(3)15-10-4-5-11(13(16)17)12(14)7-10/h4-5,7-9,15H,6,14H2,1-3H3,(H,16,17). The zero-order valence-corrected chi connectivity index (χ0v) is 10.5. The molecule has 1 aromatic rings. The number of aromatic carboxylic acids is 1. The number of hydrogen-bond donors (Lipinski definition) is 3. The Balaban J connectivity index is 2.74. The van der Waals surface area contributed by atoms with E-state index in [4.69, 9.17) is 10.8 Å².